The summed E-state index contributed by atoms with van der Waals surface area (Å²) in [5, 5.41) is 8.92. The van der Waals surface area contributed by atoms with Gasteiger partial charge in [0.1, 0.15) is 5.75 Å². The first-order chi connectivity index (χ1) is 9.19. The highest BCUT2D eigenvalue weighted by molar-refractivity contribution is 5.80. The van der Waals surface area contributed by atoms with Gasteiger partial charge in [-0.2, -0.15) is 0 Å². The number of carbonyl (C=O) groups is 1. The third-order valence-electron chi connectivity index (χ3n) is 3.74. The molecule has 0 aliphatic heterocycles. The summed E-state index contributed by atoms with van der Waals surface area (Å²) in [6.45, 7) is 0. The number of aliphatic carboxylic acids is 1. The molecule has 1 aliphatic rings. The fourth-order valence-electron chi connectivity index (χ4n) is 2.74. The topological polar surface area (TPSA) is 46.5 Å². The van der Waals surface area contributed by atoms with Crippen LogP contribution in [-0.2, 0) is 11.2 Å². The second-order valence-corrected chi connectivity index (χ2v) is 5.05. The first-order valence-corrected chi connectivity index (χ1v) is 6.75. The van der Waals surface area contributed by atoms with Crippen molar-refractivity contribution in [3.05, 3.63) is 41.5 Å². The maximum atomic E-state index is 10.9. The molecule has 0 aromatic heterocycles. The molecule has 0 bridgehead atoms. The van der Waals surface area contributed by atoms with Gasteiger partial charge in [0.15, 0.2) is 0 Å². The quantitative estimate of drug-likeness (QED) is 0.843. The molecule has 0 amide bonds. The van der Waals surface area contributed by atoms with Crippen LogP contribution in [0.5, 0.6) is 5.75 Å². The molecule has 1 atom stereocenters. The number of carboxylic acid groups (broad SMARTS) is 1. The van der Waals surface area contributed by atoms with Crippen molar-refractivity contribution in [1.29, 1.82) is 0 Å². The van der Waals surface area contributed by atoms with Crippen molar-refractivity contribution in [2.75, 3.05) is 7.11 Å². The molecule has 1 fully saturated rings. The SMILES string of the molecule is COc1ccc(C[C@@H]2CCCCC2=CC(=O)O)cc1. The average Bonchev–Trinajstić information content (AvgIpc) is 2.41. The second kappa shape index (κ2) is 6.41. The van der Waals surface area contributed by atoms with Crippen molar-refractivity contribution >= 4 is 5.97 Å². The third kappa shape index (κ3) is 3.85. The second-order valence-electron chi connectivity index (χ2n) is 5.05. The number of hydrogen-bond acceptors (Lipinski definition) is 2. The molecule has 3 heteroatoms. The van der Waals surface area contributed by atoms with Crippen molar-refractivity contribution in [3.63, 3.8) is 0 Å². The van der Waals surface area contributed by atoms with E-state index in [1.54, 1.807) is 7.11 Å². The lowest BCUT2D eigenvalue weighted by molar-refractivity contribution is -0.131. The first kappa shape index (κ1) is 13.7. The normalized spacial score (nSPS) is 21.3. The zero-order valence-corrected chi connectivity index (χ0v) is 11.3. The number of rotatable bonds is 4. The first-order valence-electron chi connectivity index (χ1n) is 6.75. The van der Waals surface area contributed by atoms with Crippen LogP contribution in [0.4, 0.5) is 0 Å². The van der Waals surface area contributed by atoms with Crippen LogP contribution in [0, 0.1) is 5.92 Å². The Balaban J connectivity index is 2.08. The van der Waals surface area contributed by atoms with Gasteiger partial charge in [-0.3, -0.25) is 0 Å². The molecule has 19 heavy (non-hydrogen) atoms. The lowest BCUT2D eigenvalue weighted by Crippen LogP contribution is -2.14. The van der Waals surface area contributed by atoms with Gasteiger partial charge >= 0.3 is 5.97 Å². The van der Waals surface area contributed by atoms with E-state index in [9.17, 15) is 4.79 Å². The summed E-state index contributed by atoms with van der Waals surface area (Å²) >= 11 is 0. The molecular formula is C16H20O3. The van der Waals surface area contributed by atoms with Gasteiger partial charge in [0.25, 0.3) is 0 Å². The predicted octanol–water partition coefficient (Wildman–Crippen LogP) is 3.44. The molecule has 3 nitrogen and oxygen atoms in total. The van der Waals surface area contributed by atoms with E-state index in [1.165, 1.54) is 18.1 Å². The maximum Gasteiger partial charge on any atom is 0.328 e. The van der Waals surface area contributed by atoms with Crippen molar-refractivity contribution in [2.45, 2.75) is 32.1 Å². The summed E-state index contributed by atoms with van der Waals surface area (Å²) in [4.78, 5) is 10.9. The Morgan fingerprint density at radius 1 is 1.37 bits per heavy atom. The number of ether oxygens (including phenoxy) is 1. The van der Waals surface area contributed by atoms with Gasteiger partial charge in [-0.05, 0) is 49.3 Å². The highest BCUT2D eigenvalue weighted by Crippen LogP contribution is 2.32. The largest absolute Gasteiger partial charge is 0.497 e. The summed E-state index contributed by atoms with van der Waals surface area (Å²) in [6, 6.07) is 8.04. The lowest BCUT2D eigenvalue weighted by Gasteiger charge is -2.25. The molecule has 1 saturated carbocycles. The van der Waals surface area contributed by atoms with E-state index in [0.29, 0.717) is 5.92 Å². The Hall–Kier alpha value is -1.77. The van der Waals surface area contributed by atoms with Gasteiger partial charge in [-0.1, -0.05) is 24.1 Å². The minimum atomic E-state index is -0.823. The number of benzene rings is 1. The zero-order valence-electron chi connectivity index (χ0n) is 11.3. The van der Waals surface area contributed by atoms with Crippen LogP contribution in [0.2, 0.25) is 0 Å². The third-order valence-corrected chi connectivity index (χ3v) is 3.74. The van der Waals surface area contributed by atoms with Crippen molar-refractivity contribution in [3.8, 4) is 5.75 Å². The summed E-state index contributed by atoms with van der Waals surface area (Å²) < 4.78 is 5.14. The monoisotopic (exact) mass is 260 g/mol. The average molecular weight is 260 g/mol. The van der Waals surface area contributed by atoms with Crippen molar-refractivity contribution < 1.29 is 14.6 Å². The fourth-order valence-corrected chi connectivity index (χ4v) is 2.74. The number of hydrogen-bond donors (Lipinski definition) is 1. The van der Waals surface area contributed by atoms with Crippen LogP contribution in [0.1, 0.15) is 31.2 Å². The van der Waals surface area contributed by atoms with Crippen LogP contribution in [0.15, 0.2) is 35.9 Å². The molecule has 1 aliphatic carbocycles. The van der Waals surface area contributed by atoms with Gasteiger partial charge in [-0.15, -0.1) is 0 Å². The van der Waals surface area contributed by atoms with Gasteiger partial charge in [0, 0.05) is 6.08 Å². The molecule has 0 heterocycles. The highest BCUT2D eigenvalue weighted by Gasteiger charge is 2.20. The standard InChI is InChI=1S/C16H20O3/c1-19-15-8-6-12(7-9-15)10-13-4-2-3-5-14(13)11-16(17)18/h6-9,11,13H,2-5,10H2,1H3,(H,17,18)/t13-/m0/s1. The van der Waals surface area contributed by atoms with E-state index in [2.05, 4.69) is 12.1 Å². The summed E-state index contributed by atoms with van der Waals surface area (Å²) in [6.07, 6.45) is 6.64. The minimum Gasteiger partial charge on any atom is -0.497 e. The molecule has 2 rings (SSSR count). The van der Waals surface area contributed by atoms with Gasteiger partial charge in [-0.25, -0.2) is 4.79 Å². The van der Waals surface area contributed by atoms with E-state index in [4.69, 9.17) is 9.84 Å². The van der Waals surface area contributed by atoms with Gasteiger partial charge < -0.3 is 9.84 Å². The smallest absolute Gasteiger partial charge is 0.328 e. The van der Waals surface area contributed by atoms with Crippen LogP contribution < -0.4 is 4.74 Å². The number of methoxy groups -OCH3 is 1. The molecule has 1 aromatic carbocycles. The maximum absolute atomic E-state index is 10.9. The molecule has 1 N–H and O–H groups in total. The van der Waals surface area contributed by atoms with Crippen molar-refractivity contribution in [1.82, 2.24) is 0 Å². The summed E-state index contributed by atoms with van der Waals surface area (Å²) in [5.41, 5.74) is 2.33. The predicted molar refractivity (Wildman–Crippen MR) is 74.4 cm³/mol. The van der Waals surface area contributed by atoms with E-state index in [-0.39, 0.29) is 0 Å². The van der Waals surface area contributed by atoms with Crippen LogP contribution in [-0.4, -0.2) is 18.2 Å². The molecule has 102 valence electrons. The molecule has 0 spiro atoms. The summed E-state index contributed by atoms with van der Waals surface area (Å²) in [7, 11) is 1.66. The molecule has 0 saturated heterocycles. The van der Waals surface area contributed by atoms with E-state index in [1.807, 2.05) is 12.1 Å². The number of allylic oxidation sites excluding steroid dienone is 1. The molecular weight excluding hydrogens is 240 g/mol. The Labute approximate surface area is 113 Å². The zero-order chi connectivity index (χ0) is 13.7. The van der Waals surface area contributed by atoms with E-state index >= 15 is 0 Å². The summed E-state index contributed by atoms with van der Waals surface area (Å²) in [5.74, 6) is 0.406. The molecule has 0 radical (unpaired) electrons. The van der Waals surface area contributed by atoms with Gasteiger partial charge in [0.2, 0.25) is 0 Å². The van der Waals surface area contributed by atoms with E-state index in [0.717, 1.165) is 37.0 Å². The highest BCUT2D eigenvalue weighted by atomic mass is 16.5. The Morgan fingerprint density at radius 2 is 2.11 bits per heavy atom. The molecule has 1 aromatic rings. The van der Waals surface area contributed by atoms with Gasteiger partial charge in [0.05, 0.1) is 7.11 Å². The van der Waals surface area contributed by atoms with Crippen LogP contribution in [0.3, 0.4) is 0 Å². The van der Waals surface area contributed by atoms with Crippen LogP contribution in [0.25, 0.3) is 0 Å². The molecule has 0 unspecified atom stereocenters. The Morgan fingerprint density at radius 3 is 2.74 bits per heavy atom. The minimum absolute atomic E-state index is 0.373. The Bertz CT molecular complexity index is 459. The fraction of sp³-hybridized carbons (Fsp3) is 0.438. The number of carboxylic acids is 1. The Kier molecular flexibility index (Phi) is 4.61. The van der Waals surface area contributed by atoms with Crippen LogP contribution >= 0.6 is 0 Å². The van der Waals surface area contributed by atoms with E-state index < -0.39 is 5.97 Å². The lowest BCUT2D eigenvalue weighted by atomic mass is 9.80. The van der Waals surface area contributed by atoms with Crippen molar-refractivity contribution in [2.24, 2.45) is 5.92 Å².